The van der Waals surface area contributed by atoms with Crippen LogP contribution in [0.3, 0.4) is 0 Å². The van der Waals surface area contributed by atoms with E-state index in [0.29, 0.717) is 31.1 Å². The molecule has 1 heterocycles. The number of amides is 2. The van der Waals surface area contributed by atoms with Crippen molar-refractivity contribution in [2.45, 2.75) is 33.4 Å². The molecule has 0 radical (unpaired) electrons. The lowest BCUT2D eigenvalue weighted by Gasteiger charge is -2.26. The van der Waals surface area contributed by atoms with E-state index in [1.54, 1.807) is 35.1 Å². The van der Waals surface area contributed by atoms with E-state index in [1.807, 2.05) is 19.2 Å². The van der Waals surface area contributed by atoms with Gasteiger partial charge in [-0.25, -0.2) is 0 Å². The van der Waals surface area contributed by atoms with Gasteiger partial charge < -0.3 is 15.4 Å². The molecule has 1 aromatic carbocycles. The topological polar surface area (TPSA) is 88.5 Å². The van der Waals surface area contributed by atoms with E-state index in [-0.39, 0.29) is 6.04 Å². The highest BCUT2D eigenvalue weighted by Gasteiger charge is 2.16. The molecule has 2 amide bonds. The second-order valence-electron chi connectivity index (χ2n) is 6.38. The monoisotopic (exact) mass is 387 g/mol. The Kier molecular flexibility index (Phi) is 8.48. The number of rotatable bonds is 10. The molecule has 0 aliphatic carbocycles. The SMILES string of the molecule is CCN(CC)C(C)CNC(=O)C(=O)Nc1cccc(OCCn2cccn2)c1. The van der Waals surface area contributed by atoms with Crippen LogP contribution in [0.4, 0.5) is 5.69 Å². The number of carbonyl (C=O) groups excluding carboxylic acids is 2. The lowest BCUT2D eigenvalue weighted by molar-refractivity contribution is -0.136. The minimum Gasteiger partial charge on any atom is -0.492 e. The minimum absolute atomic E-state index is 0.165. The molecular weight excluding hydrogens is 358 g/mol. The van der Waals surface area contributed by atoms with Crippen molar-refractivity contribution in [3.8, 4) is 5.75 Å². The first kappa shape index (κ1) is 21.4. The van der Waals surface area contributed by atoms with E-state index in [0.717, 1.165) is 13.1 Å². The Morgan fingerprint density at radius 3 is 2.68 bits per heavy atom. The summed E-state index contributed by atoms with van der Waals surface area (Å²) in [5.41, 5.74) is 0.508. The van der Waals surface area contributed by atoms with Crippen LogP contribution in [-0.2, 0) is 16.1 Å². The van der Waals surface area contributed by atoms with Gasteiger partial charge in [0.1, 0.15) is 12.4 Å². The zero-order valence-corrected chi connectivity index (χ0v) is 16.7. The molecular formula is C20H29N5O3. The lowest BCUT2D eigenvalue weighted by Crippen LogP contribution is -2.44. The van der Waals surface area contributed by atoms with Crippen molar-refractivity contribution >= 4 is 17.5 Å². The van der Waals surface area contributed by atoms with E-state index < -0.39 is 11.8 Å². The van der Waals surface area contributed by atoms with E-state index in [1.165, 1.54) is 0 Å². The van der Waals surface area contributed by atoms with E-state index in [4.69, 9.17) is 4.74 Å². The highest BCUT2D eigenvalue weighted by molar-refractivity contribution is 6.39. The third kappa shape index (κ3) is 6.70. The van der Waals surface area contributed by atoms with Crippen molar-refractivity contribution < 1.29 is 14.3 Å². The molecule has 8 heteroatoms. The normalized spacial score (nSPS) is 11.9. The minimum atomic E-state index is -0.694. The Morgan fingerprint density at radius 2 is 2.00 bits per heavy atom. The number of benzene rings is 1. The van der Waals surface area contributed by atoms with Crippen LogP contribution >= 0.6 is 0 Å². The molecule has 0 aliphatic rings. The van der Waals surface area contributed by atoms with Crippen molar-refractivity contribution in [2.75, 3.05) is 31.6 Å². The summed E-state index contributed by atoms with van der Waals surface area (Å²) in [5.74, 6) is -0.732. The molecule has 0 bridgehead atoms. The molecule has 1 aromatic heterocycles. The summed E-state index contributed by atoms with van der Waals surface area (Å²) in [6.07, 6.45) is 3.57. The zero-order chi connectivity index (χ0) is 20.4. The van der Waals surface area contributed by atoms with Gasteiger partial charge in [0, 0.05) is 36.7 Å². The quantitative estimate of drug-likeness (QED) is 0.607. The Bertz CT molecular complexity index is 744. The third-order valence-electron chi connectivity index (χ3n) is 4.44. The summed E-state index contributed by atoms with van der Waals surface area (Å²) < 4.78 is 7.45. The molecule has 0 spiro atoms. The van der Waals surface area contributed by atoms with Gasteiger partial charge in [-0.1, -0.05) is 19.9 Å². The van der Waals surface area contributed by atoms with Crippen molar-refractivity contribution in [3.05, 3.63) is 42.7 Å². The van der Waals surface area contributed by atoms with Crippen LogP contribution in [0.25, 0.3) is 0 Å². The average molecular weight is 387 g/mol. The molecule has 2 rings (SSSR count). The van der Waals surface area contributed by atoms with Crippen LogP contribution in [0, 0.1) is 0 Å². The number of aromatic nitrogens is 2. The van der Waals surface area contributed by atoms with E-state index >= 15 is 0 Å². The first-order chi connectivity index (χ1) is 13.5. The summed E-state index contributed by atoms with van der Waals surface area (Å²) in [6, 6.07) is 8.98. The predicted molar refractivity (Wildman–Crippen MR) is 108 cm³/mol. The highest BCUT2D eigenvalue weighted by Crippen LogP contribution is 2.17. The third-order valence-corrected chi connectivity index (χ3v) is 4.44. The maximum absolute atomic E-state index is 12.1. The molecule has 0 aliphatic heterocycles. The van der Waals surface area contributed by atoms with Crippen LogP contribution in [0.1, 0.15) is 20.8 Å². The smallest absolute Gasteiger partial charge is 0.313 e. The largest absolute Gasteiger partial charge is 0.492 e. The highest BCUT2D eigenvalue weighted by atomic mass is 16.5. The summed E-state index contributed by atoms with van der Waals surface area (Å²) in [7, 11) is 0. The maximum Gasteiger partial charge on any atom is 0.313 e. The molecule has 1 unspecified atom stereocenters. The van der Waals surface area contributed by atoms with Gasteiger partial charge in [0.05, 0.1) is 6.54 Å². The molecule has 152 valence electrons. The van der Waals surface area contributed by atoms with Crippen LogP contribution in [-0.4, -0.2) is 58.8 Å². The predicted octanol–water partition coefficient (Wildman–Crippen LogP) is 1.75. The Balaban J connectivity index is 1.80. The maximum atomic E-state index is 12.1. The summed E-state index contributed by atoms with van der Waals surface area (Å²) >= 11 is 0. The number of nitrogens with zero attached hydrogens (tertiary/aromatic N) is 3. The van der Waals surface area contributed by atoms with Gasteiger partial charge in [-0.3, -0.25) is 19.2 Å². The standard InChI is InChI=1S/C20H29N5O3/c1-4-24(5-2)16(3)15-21-19(26)20(27)23-17-8-6-9-18(14-17)28-13-12-25-11-7-10-22-25/h6-11,14,16H,4-5,12-13,15H2,1-3H3,(H,21,26)(H,23,27). The molecule has 1 atom stereocenters. The molecule has 8 nitrogen and oxygen atoms in total. The molecule has 2 aromatic rings. The van der Waals surface area contributed by atoms with E-state index in [2.05, 4.69) is 34.5 Å². The fourth-order valence-electron chi connectivity index (χ4n) is 2.84. The molecule has 2 N–H and O–H groups in total. The number of carbonyl (C=O) groups is 2. The number of likely N-dealkylation sites (N-methyl/N-ethyl adjacent to an activating group) is 1. The first-order valence-electron chi connectivity index (χ1n) is 9.57. The van der Waals surface area contributed by atoms with Gasteiger partial charge in [-0.2, -0.15) is 5.10 Å². The fraction of sp³-hybridized carbons (Fsp3) is 0.450. The van der Waals surface area contributed by atoms with E-state index in [9.17, 15) is 9.59 Å². The number of nitrogens with one attached hydrogen (secondary N) is 2. The van der Waals surface area contributed by atoms with Crippen LogP contribution in [0.2, 0.25) is 0 Å². The second-order valence-corrected chi connectivity index (χ2v) is 6.38. The second kappa shape index (κ2) is 11.1. The Hall–Kier alpha value is -2.87. The van der Waals surface area contributed by atoms with Crippen molar-refractivity contribution in [1.29, 1.82) is 0 Å². The van der Waals surface area contributed by atoms with Crippen molar-refractivity contribution in [2.24, 2.45) is 0 Å². The molecule has 0 saturated heterocycles. The number of hydrogen-bond donors (Lipinski definition) is 2. The van der Waals surface area contributed by atoms with Gasteiger partial charge in [0.15, 0.2) is 0 Å². The number of anilines is 1. The molecule has 0 saturated carbocycles. The summed E-state index contributed by atoms with van der Waals surface area (Å²) in [6.45, 7) is 9.44. The first-order valence-corrected chi connectivity index (χ1v) is 9.57. The van der Waals surface area contributed by atoms with Gasteiger partial charge >= 0.3 is 11.8 Å². The fourth-order valence-corrected chi connectivity index (χ4v) is 2.84. The Labute approximate surface area is 165 Å². The molecule has 28 heavy (non-hydrogen) atoms. The van der Waals surface area contributed by atoms with Gasteiger partial charge in [0.25, 0.3) is 0 Å². The number of hydrogen-bond acceptors (Lipinski definition) is 5. The van der Waals surface area contributed by atoms with Crippen molar-refractivity contribution in [1.82, 2.24) is 20.0 Å². The van der Waals surface area contributed by atoms with Gasteiger partial charge in [-0.05, 0) is 38.2 Å². The van der Waals surface area contributed by atoms with Crippen LogP contribution in [0.5, 0.6) is 5.75 Å². The Morgan fingerprint density at radius 1 is 1.21 bits per heavy atom. The number of ether oxygens (including phenoxy) is 1. The van der Waals surface area contributed by atoms with Gasteiger partial charge in [0.2, 0.25) is 0 Å². The van der Waals surface area contributed by atoms with Crippen LogP contribution in [0.15, 0.2) is 42.7 Å². The van der Waals surface area contributed by atoms with Crippen molar-refractivity contribution in [3.63, 3.8) is 0 Å². The lowest BCUT2D eigenvalue weighted by atomic mass is 10.2. The zero-order valence-electron chi connectivity index (χ0n) is 16.7. The van der Waals surface area contributed by atoms with Gasteiger partial charge in [-0.15, -0.1) is 0 Å². The molecule has 0 fully saturated rings. The average Bonchev–Trinajstić information content (AvgIpc) is 3.21. The van der Waals surface area contributed by atoms with Crippen LogP contribution < -0.4 is 15.4 Å². The summed E-state index contributed by atoms with van der Waals surface area (Å²) in [5, 5.41) is 9.39. The summed E-state index contributed by atoms with van der Waals surface area (Å²) in [4.78, 5) is 26.4.